The molecule has 3 rings (SSSR count). The predicted octanol–water partition coefficient (Wildman–Crippen LogP) is 4.94. The maximum atomic E-state index is 13.7. The van der Waals surface area contributed by atoms with Crippen LogP contribution in [0.1, 0.15) is 16.0 Å². The van der Waals surface area contributed by atoms with Crippen molar-refractivity contribution in [3.05, 3.63) is 70.4 Å². The van der Waals surface area contributed by atoms with Crippen molar-refractivity contribution in [3.8, 4) is 0 Å². The summed E-state index contributed by atoms with van der Waals surface area (Å²) in [7, 11) is 0. The lowest BCUT2D eigenvalue weighted by Crippen LogP contribution is -1.91. The van der Waals surface area contributed by atoms with Crippen molar-refractivity contribution >= 4 is 21.4 Å². The van der Waals surface area contributed by atoms with Crippen molar-refractivity contribution in [2.24, 2.45) is 0 Å². The number of aryl methyl sites for hydroxylation is 1. The average molecular weight is 256 g/mol. The summed E-state index contributed by atoms with van der Waals surface area (Å²) in [5, 5.41) is 1.24. The Labute approximate surface area is 110 Å². The number of halogens is 1. The van der Waals surface area contributed by atoms with Crippen LogP contribution in [0, 0.1) is 12.7 Å². The molecule has 0 radical (unpaired) electrons. The molecule has 0 unspecified atom stereocenters. The summed E-state index contributed by atoms with van der Waals surface area (Å²) in [6.07, 6.45) is 0.673. The van der Waals surface area contributed by atoms with E-state index in [2.05, 4.69) is 18.2 Å². The Balaban J connectivity index is 1.98. The molecular weight excluding hydrogens is 243 g/mol. The molecule has 0 saturated carbocycles. The molecule has 0 fully saturated rings. The summed E-state index contributed by atoms with van der Waals surface area (Å²) < 4.78 is 15.0. The molecule has 1 heterocycles. The van der Waals surface area contributed by atoms with Gasteiger partial charge < -0.3 is 0 Å². The Morgan fingerprint density at radius 1 is 1.06 bits per heavy atom. The van der Waals surface area contributed by atoms with Crippen molar-refractivity contribution in [2.75, 3.05) is 0 Å². The van der Waals surface area contributed by atoms with Crippen LogP contribution in [0.3, 0.4) is 0 Å². The maximum Gasteiger partial charge on any atom is 0.126 e. The third-order valence-corrected chi connectivity index (χ3v) is 4.16. The van der Waals surface area contributed by atoms with Crippen LogP contribution in [-0.2, 0) is 6.42 Å². The standard InChI is InChI=1S/C16H13FS/c1-11-6-7-15(17)13(8-11)10-14-9-12-4-2-3-5-16(12)18-14/h2-9H,10H2,1H3. The van der Waals surface area contributed by atoms with Crippen LogP contribution in [0.5, 0.6) is 0 Å². The Bertz CT molecular complexity index is 664. The largest absolute Gasteiger partial charge is 0.207 e. The first-order valence-electron chi connectivity index (χ1n) is 5.95. The number of hydrogen-bond acceptors (Lipinski definition) is 1. The van der Waals surface area contributed by atoms with Crippen molar-refractivity contribution in [1.82, 2.24) is 0 Å². The summed E-state index contributed by atoms with van der Waals surface area (Å²) in [5.41, 5.74) is 1.88. The fourth-order valence-electron chi connectivity index (χ4n) is 2.15. The summed E-state index contributed by atoms with van der Waals surface area (Å²) in [4.78, 5) is 1.21. The van der Waals surface area contributed by atoms with Crippen LogP contribution in [0.4, 0.5) is 4.39 Å². The quantitative estimate of drug-likeness (QED) is 0.609. The predicted molar refractivity (Wildman–Crippen MR) is 75.8 cm³/mol. The molecule has 1 aromatic heterocycles. The average Bonchev–Trinajstić information content (AvgIpc) is 2.76. The monoisotopic (exact) mass is 256 g/mol. The molecule has 0 aliphatic heterocycles. The number of benzene rings is 2. The molecule has 0 N–H and O–H groups in total. The van der Waals surface area contributed by atoms with Crippen molar-refractivity contribution in [1.29, 1.82) is 0 Å². The Morgan fingerprint density at radius 3 is 2.72 bits per heavy atom. The molecule has 0 aliphatic carbocycles. The van der Waals surface area contributed by atoms with E-state index in [4.69, 9.17) is 0 Å². The minimum Gasteiger partial charge on any atom is -0.207 e. The fourth-order valence-corrected chi connectivity index (χ4v) is 3.24. The van der Waals surface area contributed by atoms with Gasteiger partial charge >= 0.3 is 0 Å². The van der Waals surface area contributed by atoms with Crippen LogP contribution in [0.2, 0.25) is 0 Å². The molecule has 0 aliphatic rings. The first kappa shape index (κ1) is 11.4. The van der Waals surface area contributed by atoms with Crippen LogP contribution in [-0.4, -0.2) is 0 Å². The lowest BCUT2D eigenvalue weighted by Gasteiger charge is -2.02. The number of thiophene rings is 1. The van der Waals surface area contributed by atoms with E-state index in [0.29, 0.717) is 6.42 Å². The van der Waals surface area contributed by atoms with E-state index in [1.54, 1.807) is 17.4 Å². The van der Waals surface area contributed by atoms with Crippen LogP contribution < -0.4 is 0 Å². The molecule has 18 heavy (non-hydrogen) atoms. The van der Waals surface area contributed by atoms with Gasteiger partial charge in [-0.1, -0.05) is 35.9 Å². The second-order valence-corrected chi connectivity index (χ2v) is 5.69. The molecule has 90 valence electrons. The molecular formula is C16H13FS. The third kappa shape index (κ3) is 2.16. The smallest absolute Gasteiger partial charge is 0.126 e. The molecule has 3 aromatic rings. The Morgan fingerprint density at radius 2 is 1.89 bits per heavy atom. The number of fused-ring (bicyclic) bond motifs is 1. The van der Waals surface area contributed by atoms with Gasteiger partial charge in [0.2, 0.25) is 0 Å². The zero-order chi connectivity index (χ0) is 12.5. The van der Waals surface area contributed by atoms with E-state index in [1.165, 1.54) is 15.0 Å². The van der Waals surface area contributed by atoms with Gasteiger partial charge in [-0.25, -0.2) is 4.39 Å². The minimum absolute atomic E-state index is 0.113. The molecule has 0 saturated heterocycles. The number of rotatable bonds is 2. The lowest BCUT2D eigenvalue weighted by molar-refractivity contribution is 0.614. The van der Waals surface area contributed by atoms with Crippen LogP contribution >= 0.6 is 11.3 Å². The molecule has 0 spiro atoms. The topological polar surface area (TPSA) is 0 Å². The molecule has 0 nitrogen and oxygen atoms in total. The van der Waals surface area contributed by atoms with E-state index in [-0.39, 0.29) is 5.82 Å². The van der Waals surface area contributed by atoms with Gasteiger partial charge in [-0.05, 0) is 36.1 Å². The highest BCUT2D eigenvalue weighted by atomic mass is 32.1. The third-order valence-electron chi connectivity index (χ3n) is 3.04. The molecule has 0 bridgehead atoms. The minimum atomic E-state index is -0.113. The highest BCUT2D eigenvalue weighted by Gasteiger charge is 2.06. The molecule has 0 atom stereocenters. The first-order valence-corrected chi connectivity index (χ1v) is 6.76. The maximum absolute atomic E-state index is 13.7. The summed E-state index contributed by atoms with van der Waals surface area (Å²) in [5.74, 6) is -0.113. The van der Waals surface area contributed by atoms with E-state index < -0.39 is 0 Å². The second kappa shape index (κ2) is 4.54. The van der Waals surface area contributed by atoms with Gasteiger partial charge in [-0.15, -0.1) is 11.3 Å². The van der Waals surface area contributed by atoms with Gasteiger partial charge in [0, 0.05) is 16.0 Å². The normalized spacial score (nSPS) is 11.0. The van der Waals surface area contributed by atoms with Gasteiger partial charge in [0.25, 0.3) is 0 Å². The lowest BCUT2D eigenvalue weighted by atomic mass is 10.1. The SMILES string of the molecule is Cc1ccc(F)c(Cc2cc3ccccc3s2)c1. The van der Waals surface area contributed by atoms with E-state index >= 15 is 0 Å². The van der Waals surface area contributed by atoms with Gasteiger partial charge in [0.05, 0.1) is 0 Å². The second-order valence-electron chi connectivity index (χ2n) is 4.52. The van der Waals surface area contributed by atoms with Gasteiger partial charge in [-0.3, -0.25) is 0 Å². The van der Waals surface area contributed by atoms with Crippen LogP contribution in [0.15, 0.2) is 48.5 Å². The van der Waals surface area contributed by atoms with Gasteiger partial charge in [-0.2, -0.15) is 0 Å². The molecule has 2 aromatic carbocycles. The zero-order valence-electron chi connectivity index (χ0n) is 10.1. The Kier molecular flexibility index (Phi) is 2.88. The fraction of sp³-hybridized carbons (Fsp3) is 0.125. The van der Waals surface area contributed by atoms with E-state index in [0.717, 1.165) is 11.1 Å². The highest BCUT2D eigenvalue weighted by Crippen LogP contribution is 2.27. The first-order chi connectivity index (χ1) is 8.72. The highest BCUT2D eigenvalue weighted by molar-refractivity contribution is 7.19. The van der Waals surface area contributed by atoms with Crippen molar-refractivity contribution in [2.45, 2.75) is 13.3 Å². The number of hydrogen-bond donors (Lipinski definition) is 0. The summed E-state index contributed by atoms with van der Waals surface area (Å²) >= 11 is 1.74. The van der Waals surface area contributed by atoms with Crippen LogP contribution in [0.25, 0.3) is 10.1 Å². The van der Waals surface area contributed by atoms with Gasteiger partial charge in [0.15, 0.2) is 0 Å². The zero-order valence-corrected chi connectivity index (χ0v) is 10.9. The Hall–Kier alpha value is -1.67. The molecule has 0 amide bonds. The van der Waals surface area contributed by atoms with E-state index in [1.807, 2.05) is 31.2 Å². The summed E-state index contributed by atoms with van der Waals surface area (Å²) in [6, 6.07) is 15.7. The van der Waals surface area contributed by atoms with Gasteiger partial charge in [0.1, 0.15) is 5.82 Å². The summed E-state index contributed by atoms with van der Waals surface area (Å²) in [6.45, 7) is 1.99. The molecule has 2 heteroatoms. The van der Waals surface area contributed by atoms with Crippen molar-refractivity contribution in [3.63, 3.8) is 0 Å². The van der Waals surface area contributed by atoms with E-state index in [9.17, 15) is 4.39 Å². The van der Waals surface area contributed by atoms with Crippen molar-refractivity contribution < 1.29 is 4.39 Å².